The summed E-state index contributed by atoms with van der Waals surface area (Å²) in [5.41, 5.74) is 9.05. The van der Waals surface area contributed by atoms with Crippen molar-refractivity contribution in [3.8, 4) is 0 Å². The quantitative estimate of drug-likeness (QED) is 0.632. The number of hydrogen-bond donors (Lipinski definition) is 1. The van der Waals surface area contributed by atoms with Crippen LogP contribution in [0.5, 0.6) is 0 Å². The van der Waals surface area contributed by atoms with Gasteiger partial charge in [0.05, 0.1) is 6.61 Å². The van der Waals surface area contributed by atoms with Gasteiger partial charge in [-0.3, -0.25) is 4.90 Å². The second-order valence-corrected chi connectivity index (χ2v) is 4.16. The smallest absolute Gasteiger partial charge is 0.261 e. The molecule has 0 saturated carbocycles. The first-order valence-electron chi connectivity index (χ1n) is 5.61. The van der Waals surface area contributed by atoms with E-state index in [4.69, 9.17) is 10.5 Å². The number of fused-ring (bicyclic) bond motifs is 1. The largest absolute Gasteiger partial charge is 0.398 e. The molecule has 17 heavy (non-hydrogen) atoms. The predicted octanol–water partition coefficient (Wildman–Crippen LogP) is 1.87. The standard InChI is InChI=1S/C12H16F2N2O/c13-12(14)8-17-5-4-16-6-9-2-1-3-11(15)10(9)7-16/h1-3,12H,4-8,15H2. The zero-order chi connectivity index (χ0) is 12.3. The Bertz CT molecular complexity index is 385. The highest BCUT2D eigenvalue weighted by Gasteiger charge is 2.20. The van der Waals surface area contributed by atoms with Crippen molar-refractivity contribution in [2.75, 3.05) is 25.5 Å². The van der Waals surface area contributed by atoms with Crippen molar-refractivity contribution in [1.82, 2.24) is 4.90 Å². The molecule has 1 heterocycles. The fourth-order valence-electron chi connectivity index (χ4n) is 2.04. The average molecular weight is 242 g/mol. The highest BCUT2D eigenvalue weighted by Crippen LogP contribution is 2.26. The van der Waals surface area contributed by atoms with Gasteiger partial charge in [0.25, 0.3) is 6.43 Å². The summed E-state index contributed by atoms with van der Waals surface area (Å²) in [5, 5.41) is 0. The monoisotopic (exact) mass is 242 g/mol. The first kappa shape index (κ1) is 12.3. The van der Waals surface area contributed by atoms with E-state index in [-0.39, 0.29) is 0 Å². The van der Waals surface area contributed by atoms with Gasteiger partial charge in [-0.15, -0.1) is 0 Å². The van der Waals surface area contributed by atoms with E-state index in [1.807, 2.05) is 18.2 Å². The molecule has 1 aliphatic rings. The fourth-order valence-corrected chi connectivity index (χ4v) is 2.04. The Morgan fingerprint density at radius 1 is 1.35 bits per heavy atom. The molecule has 0 fully saturated rings. The average Bonchev–Trinajstić information content (AvgIpc) is 2.69. The van der Waals surface area contributed by atoms with Crippen LogP contribution in [0.2, 0.25) is 0 Å². The van der Waals surface area contributed by atoms with Crippen molar-refractivity contribution in [3.05, 3.63) is 29.3 Å². The molecular weight excluding hydrogens is 226 g/mol. The highest BCUT2D eigenvalue weighted by atomic mass is 19.3. The maximum absolute atomic E-state index is 11.8. The summed E-state index contributed by atoms with van der Waals surface area (Å²) >= 11 is 0. The Morgan fingerprint density at radius 3 is 2.88 bits per heavy atom. The summed E-state index contributed by atoms with van der Waals surface area (Å²) in [5.74, 6) is 0. The molecule has 5 heteroatoms. The van der Waals surface area contributed by atoms with Gasteiger partial charge in [0.2, 0.25) is 0 Å². The number of nitrogen functional groups attached to an aromatic ring is 1. The van der Waals surface area contributed by atoms with Crippen molar-refractivity contribution < 1.29 is 13.5 Å². The van der Waals surface area contributed by atoms with Gasteiger partial charge in [-0.1, -0.05) is 12.1 Å². The number of halogens is 2. The first-order chi connectivity index (χ1) is 8.16. The molecular formula is C12H16F2N2O. The van der Waals surface area contributed by atoms with Crippen LogP contribution in [0.25, 0.3) is 0 Å². The summed E-state index contributed by atoms with van der Waals surface area (Å²) in [6, 6.07) is 5.87. The number of nitrogens with two attached hydrogens (primary N) is 1. The summed E-state index contributed by atoms with van der Waals surface area (Å²) in [4.78, 5) is 2.15. The van der Waals surface area contributed by atoms with Crippen LogP contribution in [0.4, 0.5) is 14.5 Å². The number of ether oxygens (including phenoxy) is 1. The fraction of sp³-hybridized carbons (Fsp3) is 0.500. The second kappa shape index (κ2) is 5.42. The Labute approximate surface area is 99.2 Å². The number of anilines is 1. The van der Waals surface area contributed by atoms with Crippen molar-refractivity contribution >= 4 is 5.69 Å². The van der Waals surface area contributed by atoms with E-state index in [0.29, 0.717) is 13.2 Å². The van der Waals surface area contributed by atoms with Crippen LogP contribution in [0.1, 0.15) is 11.1 Å². The first-order valence-corrected chi connectivity index (χ1v) is 5.61. The number of nitrogens with zero attached hydrogens (tertiary/aromatic N) is 1. The molecule has 0 spiro atoms. The van der Waals surface area contributed by atoms with Crippen LogP contribution in [-0.4, -0.2) is 31.1 Å². The minimum atomic E-state index is -2.39. The molecule has 1 aromatic carbocycles. The molecule has 0 saturated heterocycles. The van der Waals surface area contributed by atoms with E-state index in [2.05, 4.69) is 4.90 Å². The molecule has 94 valence electrons. The van der Waals surface area contributed by atoms with Gasteiger partial charge in [-0.2, -0.15) is 0 Å². The van der Waals surface area contributed by atoms with E-state index >= 15 is 0 Å². The molecule has 3 nitrogen and oxygen atoms in total. The van der Waals surface area contributed by atoms with Gasteiger partial charge >= 0.3 is 0 Å². The minimum Gasteiger partial charge on any atom is -0.398 e. The van der Waals surface area contributed by atoms with E-state index in [1.165, 1.54) is 5.56 Å². The van der Waals surface area contributed by atoms with Crippen molar-refractivity contribution in [1.29, 1.82) is 0 Å². The zero-order valence-corrected chi connectivity index (χ0v) is 9.53. The minimum absolute atomic E-state index is 0.332. The molecule has 0 amide bonds. The summed E-state index contributed by atoms with van der Waals surface area (Å²) in [6.45, 7) is 2.10. The lowest BCUT2D eigenvalue weighted by molar-refractivity contribution is 0.00942. The van der Waals surface area contributed by atoms with Gasteiger partial charge in [0.1, 0.15) is 6.61 Å². The SMILES string of the molecule is Nc1cccc2c1CN(CCOCC(F)F)C2. The molecule has 0 radical (unpaired) electrons. The van der Waals surface area contributed by atoms with Crippen LogP contribution in [0.3, 0.4) is 0 Å². The molecule has 0 bridgehead atoms. The number of rotatable bonds is 5. The molecule has 2 rings (SSSR count). The summed E-state index contributed by atoms with van der Waals surface area (Å²) in [6.07, 6.45) is -2.39. The van der Waals surface area contributed by atoms with E-state index in [9.17, 15) is 8.78 Å². The number of alkyl halides is 2. The van der Waals surface area contributed by atoms with Gasteiger partial charge in [-0.05, 0) is 17.2 Å². The topological polar surface area (TPSA) is 38.5 Å². The molecule has 0 aromatic heterocycles. The lowest BCUT2D eigenvalue weighted by Gasteiger charge is -2.14. The molecule has 0 aliphatic carbocycles. The van der Waals surface area contributed by atoms with E-state index in [1.54, 1.807) is 0 Å². The maximum atomic E-state index is 11.8. The highest BCUT2D eigenvalue weighted by molar-refractivity contribution is 5.52. The van der Waals surface area contributed by atoms with Gasteiger partial charge in [-0.25, -0.2) is 8.78 Å². The van der Waals surface area contributed by atoms with Crippen LogP contribution in [-0.2, 0) is 17.8 Å². The van der Waals surface area contributed by atoms with Crippen LogP contribution >= 0.6 is 0 Å². The van der Waals surface area contributed by atoms with Crippen LogP contribution in [0, 0.1) is 0 Å². The number of benzene rings is 1. The van der Waals surface area contributed by atoms with Crippen molar-refractivity contribution in [2.24, 2.45) is 0 Å². The second-order valence-electron chi connectivity index (χ2n) is 4.16. The van der Waals surface area contributed by atoms with E-state index < -0.39 is 13.0 Å². The molecule has 0 unspecified atom stereocenters. The predicted molar refractivity (Wildman–Crippen MR) is 61.8 cm³/mol. The Kier molecular flexibility index (Phi) is 3.91. The van der Waals surface area contributed by atoms with Crippen molar-refractivity contribution in [3.63, 3.8) is 0 Å². The van der Waals surface area contributed by atoms with Gasteiger partial charge in [0.15, 0.2) is 0 Å². The third kappa shape index (κ3) is 3.14. The summed E-state index contributed by atoms with van der Waals surface area (Å²) in [7, 11) is 0. The normalized spacial score (nSPS) is 15.5. The van der Waals surface area contributed by atoms with Crippen LogP contribution < -0.4 is 5.73 Å². The lowest BCUT2D eigenvalue weighted by Crippen LogP contribution is -2.22. The third-order valence-corrected chi connectivity index (χ3v) is 2.88. The molecule has 1 aromatic rings. The molecule has 1 aliphatic heterocycles. The third-order valence-electron chi connectivity index (χ3n) is 2.88. The number of hydrogen-bond acceptors (Lipinski definition) is 3. The Morgan fingerprint density at radius 2 is 2.18 bits per heavy atom. The lowest BCUT2D eigenvalue weighted by atomic mass is 10.1. The van der Waals surface area contributed by atoms with Crippen molar-refractivity contribution in [2.45, 2.75) is 19.5 Å². The van der Waals surface area contributed by atoms with E-state index in [0.717, 1.165) is 24.3 Å². The van der Waals surface area contributed by atoms with Gasteiger partial charge < -0.3 is 10.5 Å². The summed E-state index contributed by atoms with van der Waals surface area (Å²) < 4.78 is 28.6. The Hall–Kier alpha value is -1.20. The van der Waals surface area contributed by atoms with Crippen LogP contribution in [0.15, 0.2) is 18.2 Å². The van der Waals surface area contributed by atoms with Gasteiger partial charge in [0, 0.05) is 25.3 Å². The molecule has 0 atom stereocenters. The zero-order valence-electron chi connectivity index (χ0n) is 9.53. The maximum Gasteiger partial charge on any atom is 0.261 e. The molecule has 2 N–H and O–H groups in total. The Balaban J connectivity index is 1.78.